The molecule has 0 radical (unpaired) electrons. The lowest BCUT2D eigenvalue weighted by atomic mass is 10.0. The first-order valence-electron chi connectivity index (χ1n) is 14.4. The van der Waals surface area contributed by atoms with Gasteiger partial charge < -0.3 is 30.3 Å². The quantitative estimate of drug-likeness (QED) is 0.313. The molecule has 1 aliphatic rings. The first kappa shape index (κ1) is 32.6. The van der Waals surface area contributed by atoms with E-state index >= 15 is 0 Å². The van der Waals surface area contributed by atoms with Gasteiger partial charge in [-0.3, -0.25) is 9.59 Å². The lowest BCUT2D eigenvalue weighted by Gasteiger charge is -2.34. The second kappa shape index (κ2) is 14.0. The number of fused-ring (bicyclic) bond motifs is 2. The number of aliphatic hydroxyl groups excluding tert-OH is 1. The molecule has 4 amide bonds. The molecule has 1 heterocycles. The lowest BCUT2D eigenvalue weighted by Crippen LogP contribution is -2.48. The molecule has 12 heteroatoms. The smallest absolute Gasteiger partial charge is 0.389 e. The number of urea groups is 1. The summed E-state index contributed by atoms with van der Waals surface area (Å²) in [6.07, 6.45) is -7.14. The SMILES string of the molecule is C[C@@H]1CN([C@H](C)CO)C(=O)Cc2cc(NC(=O)CCC(F)(F)F)ccc2O[C@H]1CN(C)C(=O)Nc1cccc2ccccc12. The Morgan fingerprint density at radius 1 is 1.11 bits per heavy atom. The van der Waals surface area contributed by atoms with Crippen molar-refractivity contribution in [2.24, 2.45) is 5.92 Å². The first-order chi connectivity index (χ1) is 20.8. The molecule has 0 saturated carbocycles. The average Bonchev–Trinajstić information content (AvgIpc) is 3.02. The van der Waals surface area contributed by atoms with Crippen LogP contribution in [-0.2, 0) is 16.0 Å². The fourth-order valence-corrected chi connectivity index (χ4v) is 5.10. The Kier molecular flexibility index (Phi) is 10.4. The number of alkyl halides is 3. The zero-order chi connectivity index (χ0) is 32.0. The van der Waals surface area contributed by atoms with Crippen LogP contribution in [-0.4, -0.2) is 77.8 Å². The van der Waals surface area contributed by atoms with Gasteiger partial charge in [0.05, 0.1) is 37.7 Å². The van der Waals surface area contributed by atoms with Crippen molar-refractivity contribution in [3.63, 3.8) is 0 Å². The van der Waals surface area contributed by atoms with Gasteiger partial charge in [-0.25, -0.2) is 4.79 Å². The first-order valence-corrected chi connectivity index (χ1v) is 14.4. The highest BCUT2D eigenvalue weighted by molar-refractivity contribution is 6.01. The van der Waals surface area contributed by atoms with E-state index in [0.717, 1.165) is 10.8 Å². The highest BCUT2D eigenvalue weighted by Crippen LogP contribution is 2.30. The summed E-state index contributed by atoms with van der Waals surface area (Å²) in [5.41, 5.74) is 1.30. The van der Waals surface area contributed by atoms with Gasteiger partial charge in [-0.15, -0.1) is 0 Å². The number of ether oxygens (including phenoxy) is 1. The Labute approximate surface area is 254 Å². The zero-order valence-electron chi connectivity index (χ0n) is 24.9. The van der Waals surface area contributed by atoms with Gasteiger partial charge in [0.25, 0.3) is 0 Å². The van der Waals surface area contributed by atoms with Crippen LogP contribution in [0.3, 0.4) is 0 Å². The van der Waals surface area contributed by atoms with Crippen LogP contribution in [0.25, 0.3) is 10.8 Å². The molecule has 9 nitrogen and oxygen atoms in total. The maximum absolute atomic E-state index is 13.4. The summed E-state index contributed by atoms with van der Waals surface area (Å²) < 4.78 is 44.1. The van der Waals surface area contributed by atoms with Crippen molar-refractivity contribution in [3.05, 3.63) is 66.2 Å². The molecule has 0 aliphatic carbocycles. The molecule has 3 aromatic carbocycles. The van der Waals surface area contributed by atoms with Gasteiger partial charge >= 0.3 is 12.2 Å². The third-order valence-electron chi connectivity index (χ3n) is 7.67. The Hall–Kier alpha value is -4.32. The third kappa shape index (κ3) is 8.40. The minimum atomic E-state index is -4.46. The fraction of sp³-hybridized carbons (Fsp3) is 0.406. The highest BCUT2D eigenvalue weighted by atomic mass is 19.4. The molecule has 1 aliphatic heterocycles. The molecule has 0 fully saturated rings. The van der Waals surface area contributed by atoms with Gasteiger partial charge in [-0.2, -0.15) is 13.2 Å². The highest BCUT2D eigenvalue weighted by Gasteiger charge is 2.32. The third-order valence-corrected chi connectivity index (χ3v) is 7.67. The molecule has 0 unspecified atom stereocenters. The van der Waals surface area contributed by atoms with Crippen LogP contribution in [0.5, 0.6) is 5.75 Å². The van der Waals surface area contributed by atoms with Gasteiger partial charge in [-0.1, -0.05) is 43.3 Å². The molecule has 3 N–H and O–H groups in total. The fourth-order valence-electron chi connectivity index (χ4n) is 5.10. The molecule has 0 aromatic heterocycles. The van der Waals surface area contributed by atoms with Gasteiger partial charge in [-0.05, 0) is 36.6 Å². The molecular formula is C32H37F3N4O5. The molecule has 236 valence electrons. The van der Waals surface area contributed by atoms with Crippen LogP contribution in [0, 0.1) is 5.92 Å². The Bertz CT molecular complexity index is 1490. The number of nitrogens with one attached hydrogen (secondary N) is 2. The number of hydrogen-bond donors (Lipinski definition) is 3. The molecule has 0 saturated heterocycles. The maximum atomic E-state index is 13.4. The summed E-state index contributed by atoms with van der Waals surface area (Å²) in [5, 5.41) is 17.2. The maximum Gasteiger partial charge on any atom is 0.389 e. The summed E-state index contributed by atoms with van der Waals surface area (Å²) in [6.45, 7) is 3.76. The van der Waals surface area contributed by atoms with Crippen molar-refractivity contribution in [2.45, 2.75) is 51.4 Å². The second-order valence-corrected chi connectivity index (χ2v) is 11.2. The summed E-state index contributed by atoms with van der Waals surface area (Å²) in [5.74, 6) is -1.01. The van der Waals surface area contributed by atoms with Crippen LogP contribution >= 0.6 is 0 Å². The van der Waals surface area contributed by atoms with E-state index in [1.807, 2.05) is 49.4 Å². The number of likely N-dealkylation sites (N-methyl/N-ethyl adjacent to an activating group) is 1. The van der Waals surface area contributed by atoms with E-state index in [2.05, 4.69) is 10.6 Å². The summed E-state index contributed by atoms with van der Waals surface area (Å²) in [7, 11) is 1.64. The van der Waals surface area contributed by atoms with Crippen LogP contribution in [0.2, 0.25) is 0 Å². The Balaban J connectivity index is 1.56. The number of aliphatic hydroxyl groups is 1. The molecular weight excluding hydrogens is 577 g/mol. The molecule has 4 rings (SSSR count). The second-order valence-electron chi connectivity index (χ2n) is 11.2. The number of rotatable bonds is 8. The van der Waals surface area contributed by atoms with Crippen molar-refractivity contribution in [3.8, 4) is 5.75 Å². The summed E-state index contributed by atoms with van der Waals surface area (Å²) in [6, 6.07) is 17.0. The number of carbonyl (C=O) groups excluding carboxylic acids is 3. The molecule has 3 aromatic rings. The van der Waals surface area contributed by atoms with E-state index in [0.29, 0.717) is 17.0 Å². The van der Waals surface area contributed by atoms with Crippen LogP contribution in [0.4, 0.5) is 29.3 Å². The van der Waals surface area contributed by atoms with Crippen molar-refractivity contribution < 1.29 is 37.4 Å². The van der Waals surface area contributed by atoms with Crippen molar-refractivity contribution in [1.29, 1.82) is 0 Å². The van der Waals surface area contributed by atoms with E-state index in [4.69, 9.17) is 4.74 Å². The summed E-state index contributed by atoms with van der Waals surface area (Å²) >= 11 is 0. The normalized spacial score (nSPS) is 17.9. The van der Waals surface area contributed by atoms with Crippen molar-refractivity contribution in [2.75, 3.05) is 37.4 Å². The van der Waals surface area contributed by atoms with E-state index in [1.54, 1.807) is 24.9 Å². The number of benzene rings is 3. The number of halogens is 3. The van der Waals surface area contributed by atoms with Crippen molar-refractivity contribution in [1.82, 2.24) is 9.80 Å². The molecule has 0 spiro atoms. The standard InChI is InChI=1S/C32H37F3N4O5/c1-20-17-39(21(2)19-40)30(42)16-23-15-24(36-29(41)13-14-32(33,34)35)11-12-27(23)44-28(20)18-38(3)31(43)37-26-10-6-8-22-7-4-5-9-25(22)26/h4-12,15,20-21,28,40H,13-14,16-19H2,1-3H3,(H,36,41)(H,37,43)/t20-,21-,28+/m1/s1. The van der Waals surface area contributed by atoms with Gasteiger partial charge in [0.1, 0.15) is 11.9 Å². The minimum Gasteiger partial charge on any atom is -0.488 e. The van der Waals surface area contributed by atoms with Gasteiger partial charge in [0, 0.05) is 42.6 Å². The van der Waals surface area contributed by atoms with Gasteiger partial charge in [0.2, 0.25) is 11.8 Å². The van der Waals surface area contributed by atoms with Gasteiger partial charge in [0.15, 0.2) is 0 Å². The van der Waals surface area contributed by atoms with E-state index in [9.17, 15) is 32.7 Å². The minimum absolute atomic E-state index is 0.122. The molecule has 3 atom stereocenters. The number of hydrogen-bond acceptors (Lipinski definition) is 5. The predicted octanol–water partition coefficient (Wildman–Crippen LogP) is 5.43. The van der Waals surface area contributed by atoms with E-state index in [1.165, 1.54) is 17.0 Å². The summed E-state index contributed by atoms with van der Waals surface area (Å²) in [4.78, 5) is 41.9. The van der Waals surface area contributed by atoms with E-state index < -0.39 is 37.1 Å². The Morgan fingerprint density at radius 3 is 2.57 bits per heavy atom. The van der Waals surface area contributed by atoms with Crippen LogP contribution < -0.4 is 15.4 Å². The predicted molar refractivity (Wildman–Crippen MR) is 162 cm³/mol. The van der Waals surface area contributed by atoms with Crippen LogP contribution in [0.1, 0.15) is 32.3 Å². The topological polar surface area (TPSA) is 111 Å². The number of anilines is 2. The molecule has 44 heavy (non-hydrogen) atoms. The number of nitrogens with zero attached hydrogens (tertiary/aromatic N) is 2. The van der Waals surface area contributed by atoms with E-state index in [-0.39, 0.29) is 49.7 Å². The average molecular weight is 615 g/mol. The Morgan fingerprint density at radius 2 is 1.84 bits per heavy atom. The van der Waals surface area contributed by atoms with Crippen molar-refractivity contribution >= 4 is 40.0 Å². The largest absolute Gasteiger partial charge is 0.488 e. The monoisotopic (exact) mass is 614 g/mol. The lowest BCUT2D eigenvalue weighted by molar-refractivity contribution is -0.142. The van der Waals surface area contributed by atoms with Crippen LogP contribution in [0.15, 0.2) is 60.7 Å². The number of carbonyl (C=O) groups is 3. The molecule has 0 bridgehead atoms. The number of amides is 4. The zero-order valence-corrected chi connectivity index (χ0v) is 24.9.